The molecule has 0 aliphatic rings. The summed E-state index contributed by atoms with van der Waals surface area (Å²) in [6, 6.07) is 10.1. The van der Waals surface area contributed by atoms with Crippen LogP contribution in [0.5, 0.6) is 0 Å². The van der Waals surface area contributed by atoms with Crippen LogP contribution in [0.1, 0.15) is 5.89 Å². The fraction of sp³-hybridized carbons (Fsp3) is 0.0833. The first-order chi connectivity index (χ1) is 9.72. The van der Waals surface area contributed by atoms with Crippen LogP contribution in [0.15, 0.2) is 33.8 Å². The summed E-state index contributed by atoms with van der Waals surface area (Å²) < 4.78 is 5.33. The molecule has 0 atom stereocenters. The van der Waals surface area contributed by atoms with Crippen molar-refractivity contribution in [3.8, 4) is 23.6 Å². The quantitative estimate of drug-likeness (QED) is 0.630. The van der Waals surface area contributed by atoms with Crippen LogP contribution in [-0.2, 0) is 11.4 Å². The van der Waals surface area contributed by atoms with Gasteiger partial charge in [-0.3, -0.25) is 0 Å². The highest BCUT2D eigenvalue weighted by Gasteiger charge is 2.09. The summed E-state index contributed by atoms with van der Waals surface area (Å²) in [5.74, 6) is 0.454. The molecule has 0 unspecified atom stereocenters. The summed E-state index contributed by atoms with van der Waals surface area (Å²) in [5.41, 5.74) is 0.286. The molecule has 0 amide bonds. The van der Waals surface area contributed by atoms with Gasteiger partial charge in [0.05, 0.1) is 0 Å². The minimum absolute atomic E-state index is 0.138. The number of rotatable bonds is 4. The predicted octanol–water partition coefficient (Wildman–Crippen LogP) is 2.31. The molecule has 0 N–H and O–H groups in total. The van der Waals surface area contributed by atoms with Gasteiger partial charge in [0, 0.05) is 10.6 Å². The van der Waals surface area contributed by atoms with Crippen molar-refractivity contribution in [3.63, 3.8) is 0 Å². The second-order valence-electron chi connectivity index (χ2n) is 3.45. The average Bonchev–Trinajstić information content (AvgIpc) is 2.92. The van der Waals surface area contributed by atoms with Crippen molar-refractivity contribution in [2.75, 3.05) is 0 Å². The van der Waals surface area contributed by atoms with E-state index in [-0.39, 0.29) is 24.1 Å². The molecule has 0 fully saturated rings. The molecular weight excluding hydrogens is 282 g/mol. The second-order valence-corrected chi connectivity index (χ2v) is 3.88. The minimum atomic E-state index is -0.389. The Morgan fingerprint density at radius 1 is 1.35 bits per heavy atom. The summed E-state index contributed by atoms with van der Waals surface area (Å²) >= 11 is 5.86. The average molecular weight is 288 g/mol. The normalized spacial score (nSPS) is 9.35. The first kappa shape index (κ1) is 13.5. The lowest BCUT2D eigenvalue weighted by Crippen LogP contribution is -1.93. The molecule has 0 saturated carbocycles. The van der Waals surface area contributed by atoms with E-state index in [1.807, 2.05) is 0 Å². The molecular formula is C12H6ClN5O2. The van der Waals surface area contributed by atoms with Crippen LogP contribution in [0.4, 0.5) is 0 Å². The van der Waals surface area contributed by atoms with Crippen molar-refractivity contribution in [1.29, 1.82) is 10.5 Å². The molecule has 1 aromatic carbocycles. The van der Waals surface area contributed by atoms with Gasteiger partial charge in [-0.25, -0.2) is 0 Å². The van der Waals surface area contributed by atoms with E-state index in [0.29, 0.717) is 10.6 Å². The lowest BCUT2D eigenvalue weighted by molar-refractivity contribution is 0.112. The van der Waals surface area contributed by atoms with Crippen molar-refractivity contribution >= 4 is 17.3 Å². The third-order valence-corrected chi connectivity index (χ3v) is 2.33. The van der Waals surface area contributed by atoms with Crippen molar-refractivity contribution in [3.05, 3.63) is 35.2 Å². The molecule has 0 saturated heterocycles. The van der Waals surface area contributed by atoms with Gasteiger partial charge in [0.25, 0.3) is 11.6 Å². The van der Waals surface area contributed by atoms with E-state index < -0.39 is 0 Å². The van der Waals surface area contributed by atoms with Gasteiger partial charge >= 0.3 is 0 Å². The number of nitriles is 2. The zero-order valence-electron chi connectivity index (χ0n) is 9.95. The zero-order chi connectivity index (χ0) is 14.4. The van der Waals surface area contributed by atoms with Crippen LogP contribution in [0.2, 0.25) is 5.02 Å². The molecule has 20 heavy (non-hydrogen) atoms. The maximum atomic E-state index is 8.45. The Kier molecular flexibility index (Phi) is 4.28. The van der Waals surface area contributed by atoms with Crippen LogP contribution in [0.25, 0.3) is 11.5 Å². The number of aromatic nitrogens is 2. The van der Waals surface area contributed by atoms with E-state index in [2.05, 4.69) is 15.4 Å². The van der Waals surface area contributed by atoms with Gasteiger partial charge in [-0.15, -0.1) is 10.2 Å². The molecule has 1 aromatic heterocycles. The first-order valence-corrected chi connectivity index (χ1v) is 5.69. The maximum Gasteiger partial charge on any atom is 0.257 e. The number of hydrogen-bond donors (Lipinski definition) is 0. The van der Waals surface area contributed by atoms with Crippen molar-refractivity contribution in [1.82, 2.24) is 10.2 Å². The Hall–Kier alpha value is -2.90. The summed E-state index contributed by atoms with van der Waals surface area (Å²) in [6.07, 6.45) is 0. The van der Waals surface area contributed by atoms with E-state index in [1.54, 1.807) is 36.4 Å². The van der Waals surface area contributed by atoms with Gasteiger partial charge in [-0.1, -0.05) is 22.8 Å². The van der Waals surface area contributed by atoms with Gasteiger partial charge in [0.1, 0.15) is 12.1 Å². The lowest BCUT2D eigenvalue weighted by atomic mass is 10.2. The Bertz CT molecular complexity index is 710. The molecule has 0 bridgehead atoms. The van der Waals surface area contributed by atoms with Crippen LogP contribution in [0, 0.1) is 22.7 Å². The van der Waals surface area contributed by atoms with E-state index in [0.717, 1.165) is 0 Å². The molecule has 8 heteroatoms. The van der Waals surface area contributed by atoms with Crippen LogP contribution in [0.3, 0.4) is 0 Å². The van der Waals surface area contributed by atoms with Gasteiger partial charge in [-0.05, 0) is 18.2 Å². The third-order valence-electron chi connectivity index (χ3n) is 2.09. The monoisotopic (exact) mass is 287 g/mol. The number of oxime groups is 1. The number of benzene rings is 1. The Labute approximate surface area is 118 Å². The van der Waals surface area contributed by atoms with E-state index in [1.165, 1.54) is 0 Å². The largest absolute Gasteiger partial charge is 0.417 e. The van der Waals surface area contributed by atoms with Crippen molar-refractivity contribution in [2.45, 2.75) is 6.61 Å². The fourth-order valence-corrected chi connectivity index (χ4v) is 1.46. The minimum Gasteiger partial charge on any atom is -0.417 e. The third kappa shape index (κ3) is 3.31. The predicted molar refractivity (Wildman–Crippen MR) is 68.2 cm³/mol. The van der Waals surface area contributed by atoms with Crippen LogP contribution < -0.4 is 0 Å². The summed E-state index contributed by atoms with van der Waals surface area (Å²) in [6.45, 7) is -0.138. The van der Waals surface area contributed by atoms with Crippen LogP contribution in [-0.4, -0.2) is 15.9 Å². The van der Waals surface area contributed by atoms with Gasteiger partial charge in [-0.2, -0.15) is 10.5 Å². The van der Waals surface area contributed by atoms with Crippen molar-refractivity contribution < 1.29 is 9.25 Å². The molecule has 0 radical (unpaired) electrons. The number of nitrogens with zero attached hydrogens (tertiary/aromatic N) is 5. The van der Waals surface area contributed by atoms with Gasteiger partial charge < -0.3 is 9.25 Å². The fourth-order valence-electron chi connectivity index (χ4n) is 1.27. The molecule has 98 valence electrons. The smallest absolute Gasteiger partial charge is 0.257 e. The maximum absolute atomic E-state index is 8.45. The van der Waals surface area contributed by atoms with Gasteiger partial charge in [0.15, 0.2) is 6.61 Å². The topological polar surface area (TPSA) is 108 Å². The molecule has 0 aliphatic heterocycles. The molecule has 7 nitrogen and oxygen atoms in total. The Morgan fingerprint density at radius 2 is 2.15 bits per heavy atom. The Morgan fingerprint density at radius 3 is 2.85 bits per heavy atom. The summed E-state index contributed by atoms with van der Waals surface area (Å²) in [5, 5.41) is 28.3. The molecule has 2 aromatic rings. The SMILES string of the molecule is N#CC(C#N)=NOCc1nnc(-c2cccc(Cl)c2)o1. The summed E-state index contributed by atoms with van der Waals surface area (Å²) in [7, 11) is 0. The van der Waals surface area contributed by atoms with E-state index in [9.17, 15) is 0 Å². The van der Waals surface area contributed by atoms with Crippen LogP contribution >= 0.6 is 11.6 Å². The Balaban J connectivity index is 2.05. The first-order valence-electron chi connectivity index (χ1n) is 5.31. The van der Waals surface area contributed by atoms with Gasteiger partial charge in [0.2, 0.25) is 5.89 Å². The molecule has 1 heterocycles. The van der Waals surface area contributed by atoms with E-state index >= 15 is 0 Å². The van der Waals surface area contributed by atoms with Crippen molar-refractivity contribution in [2.24, 2.45) is 5.16 Å². The molecule has 0 spiro atoms. The number of hydrogen-bond acceptors (Lipinski definition) is 7. The highest BCUT2D eigenvalue weighted by Crippen LogP contribution is 2.21. The van der Waals surface area contributed by atoms with E-state index in [4.69, 9.17) is 31.4 Å². The summed E-state index contributed by atoms with van der Waals surface area (Å²) in [4.78, 5) is 4.76. The molecule has 0 aliphatic carbocycles. The zero-order valence-corrected chi connectivity index (χ0v) is 10.7. The standard InChI is InChI=1S/C12H6ClN5O2/c13-9-3-1-2-8(4-9)12-17-16-11(20-12)7-19-18-10(5-14)6-15/h1-4H,7H2. The lowest BCUT2D eigenvalue weighted by Gasteiger charge is -1.95. The number of halogens is 1. The molecule has 2 rings (SSSR count). The highest BCUT2D eigenvalue weighted by atomic mass is 35.5. The second kappa shape index (κ2) is 6.32. The highest BCUT2D eigenvalue weighted by molar-refractivity contribution is 6.30.